The van der Waals surface area contributed by atoms with Crippen LogP contribution in [0.5, 0.6) is 0 Å². The highest BCUT2D eigenvalue weighted by molar-refractivity contribution is 5.91. The first-order valence-corrected chi connectivity index (χ1v) is 7.20. The van der Waals surface area contributed by atoms with E-state index < -0.39 is 6.10 Å². The Hall–Kier alpha value is -2.27. The molecule has 1 unspecified atom stereocenters. The summed E-state index contributed by atoms with van der Waals surface area (Å²) in [5.41, 5.74) is 2.28. The third kappa shape index (κ3) is 4.11. The van der Waals surface area contributed by atoms with Gasteiger partial charge in [0.1, 0.15) is 5.69 Å². The molecule has 2 aromatic rings. The molecule has 1 aromatic carbocycles. The number of aromatic nitrogens is 2. The summed E-state index contributed by atoms with van der Waals surface area (Å²) in [6, 6.07) is 7.78. The lowest BCUT2D eigenvalue weighted by molar-refractivity contribution is 0.0911. The Morgan fingerprint density at radius 3 is 2.45 bits per heavy atom. The van der Waals surface area contributed by atoms with Gasteiger partial charge in [0.2, 0.25) is 0 Å². The van der Waals surface area contributed by atoms with Crippen molar-refractivity contribution in [2.45, 2.75) is 32.3 Å². The summed E-state index contributed by atoms with van der Waals surface area (Å²) < 4.78 is 0. The monoisotopic (exact) mass is 299 g/mol. The minimum atomic E-state index is -0.755. The number of rotatable bonds is 4. The zero-order chi connectivity index (χ0) is 16.2. The van der Waals surface area contributed by atoms with Crippen LogP contribution < -0.4 is 5.32 Å². The molecule has 2 rings (SSSR count). The van der Waals surface area contributed by atoms with Crippen LogP contribution in [-0.2, 0) is 5.41 Å². The van der Waals surface area contributed by atoms with Crippen molar-refractivity contribution in [3.05, 3.63) is 59.7 Å². The van der Waals surface area contributed by atoms with Crippen molar-refractivity contribution in [3.8, 4) is 0 Å². The number of aliphatic hydroxyl groups excluding tert-OH is 1. The predicted octanol–water partition coefficient (Wildman–Crippen LogP) is 2.24. The molecule has 1 amide bonds. The number of amides is 1. The van der Waals surface area contributed by atoms with Crippen molar-refractivity contribution in [2.24, 2.45) is 0 Å². The van der Waals surface area contributed by atoms with Crippen LogP contribution in [0.4, 0.5) is 0 Å². The maximum Gasteiger partial charge on any atom is 0.271 e. The first kappa shape index (κ1) is 16.1. The zero-order valence-corrected chi connectivity index (χ0v) is 13.1. The second-order valence-electron chi connectivity index (χ2n) is 6.19. The number of aliphatic hydroxyl groups is 1. The van der Waals surface area contributed by atoms with Crippen molar-refractivity contribution in [1.82, 2.24) is 15.3 Å². The van der Waals surface area contributed by atoms with Gasteiger partial charge in [-0.25, -0.2) is 4.98 Å². The Kier molecular flexibility index (Phi) is 4.88. The Morgan fingerprint density at radius 2 is 1.91 bits per heavy atom. The number of hydrogen-bond acceptors (Lipinski definition) is 4. The van der Waals surface area contributed by atoms with E-state index >= 15 is 0 Å². The van der Waals surface area contributed by atoms with E-state index in [0.29, 0.717) is 0 Å². The van der Waals surface area contributed by atoms with Gasteiger partial charge in [-0.3, -0.25) is 9.78 Å². The van der Waals surface area contributed by atoms with Crippen molar-refractivity contribution in [1.29, 1.82) is 0 Å². The fourth-order valence-electron chi connectivity index (χ4n) is 2.02. The smallest absolute Gasteiger partial charge is 0.271 e. The number of nitrogens with one attached hydrogen (secondary N) is 1. The Bertz CT molecular complexity index is 619. The summed E-state index contributed by atoms with van der Waals surface area (Å²) in [5.74, 6) is -0.349. The molecule has 1 aromatic heterocycles. The molecular weight excluding hydrogens is 278 g/mol. The van der Waals surface area contributed by atoms with Crippen molar-refractivity contribution in [3.63, 3.8) is 0 Å². The van der Waals surface area contributed by atoms with E-state index in [1.807, 2.05) is 24.3 Å². The van der Waals surface area contributed by atoms with Crippen LogP contribution in [-0.4, -0.2) is 27.5 Å². The van der Waals surface area contributed by atoms with E-state index in [2.05, 4.69) is 36.1 Å². The molecule has 0 saturated carbocycles. The average molecular weight is 299 g/mol. The molecule has 1 heterocycles. The number of carbonyl (C=O) groups excluding carboxylic acids is 1. The molecule has 0 spiro atoms. The quantitative estimate of drug-likeness (QED) is 0.908. The fourth-order valence-corrected chi connectivity index (χ4v) is 2.02. The van der Waals surface area contributed by atoms with Crippen molar-refractivity contribution in [2.75, 3.05) is 6.54 Å². The molecule has 22 heavy (non-hydrogen) atoms. The molecule has 0 radical (unpaired) electrons. The number of carbonyl (C=O) groups is 1. The summed E-state index contributed by atoms with van der Waals surface area (Å²) in [6.45, 7) is 6.54. The molecule has 1 atom stereocenters. The zero-order valence-electron chi connectivity index (χ0n) is 13.1. The summed E-state index contributed by atoms with van der Waals surface area (Å²) >= 11 is 0. The lowest BCUT2D eigenvalue weighted by atomic mass is 9.86. The average Bonchev–Trinajstić information content (AvgIpc) is 2.52. The molecule has 0 aliphatic heterocycles. The van der Waals surface area contributed by atoms with E-state index in [-0.39, 0.29) is 23.6 Å². The minimum Gasteiger partial charge on any atom is -0.387 e. The molecule has 0 fully saturated rings. The Balaban J connectivity index is 1.95. The molecular formula is C17H21N3O2. The van der Waals surface area contributed by atoms with Crippen LogP contribution in [0.2, 0.25) is 0 Å². The van der Waals surface area contributed by atoms with E-state index in [4.69, 9.17) is 0 Å². The van der Waals surface area contributed by atoms with Crippen molar-refractivity contribution < 1.29 is 9.90 Å². The van der Waals surface area contributed by atoms with Crippen LogP contribution in [0.1, 0.15) is 48.5 Å². The second-order valence-corrected chi connectivity index (χ2v) is 6.19. The van der Waals surface area contributed by atoms with Crippen LogP contribution >= 0.6 is 0 Å². The summed E-state index contributed by atoms with van der Waals surface area (Å²) in [7, 11) is 0. The lowest BCUT2D eigenvalue weighted by Crippen LogP contribution is -2.29. The van der Waals surface area contributed by atoms with Gasteiger partial charge in [0, 0.05) is 18.9 Å². The van der Waals surface area contributed by atoms with Gasteiger partial charge in [-0.2, -0.15) is 0 Å². The largest absolute Gasteiger partial charge is 0.387 e. The predicted molar refractivity (Wildman–Crippen MR) is 84.5 cm³/mol. The number of hydrogen-bond donors (Lipinski definition) is 2. The maximum atomic E-state index is 11.8. The van der Waals surface area contributed by atoms with Gasteiger partial charge in [0.05, 0.1) is 12.3 Å². The van der Waals surface area contributed by atoms with Gasteiger partial charge in [-0.15, -0.1) is 0 Å². The van der Waals surface area contributed by atoms with E-state index in [1.165, 1.54) is 24.2 Å². The molecule has 2 N–H and O–H groups in total. The van der Waals surface area contributed by atoms with Gasteiger partial charge in [0.25, 0.3) is 5.91 Å². The molecule has 0 saturated heterocycles. The lowest BCUT2D eigenvalue weighted by Gasteiger charge is -2.20. The fraction of sp³-hybridized carbons (Fsp3) is 0.353. The van der Waals surface area contributed by atoms with E-state index in [9.17, 15) is 9.90 Å². The molecule has 116 valence electrons. The summed E-state index contributed by atoms with van der Waals surface area (Å²) in [6.07, 6.45) is 3.59. The molecule has 5 nitrogen and oxygen atoms in total. The number of nitrogens with zero attached hydrogens (tertiary/aromatic N) is 2. The topological polar surface area (TPSA) is 75.1 Å². The maximum absolute atomic E-state index is 11.8. The van der Waals surface area contributed by atoms with Crippen molar-refractivity contribution >= 4 is 5.91 Å². The first-order valence-electron chi connectivity index (χ1n) is 7.20. The van der Waals surface area contributed by atoms with Crippen LogP contribution in [0, 0.1) is 0 Å². The highest BCUT2D eigenvalue weighted by Gasteiger charge is 2.15. The summed E-state index contributed by atoms with van der Waals surface area (Å²) in [4.78, 5) is 19.6. The van der Waals surface area contributed by atoms with Gasteiger partial charge < -0.3 is 10.4 Å². The van der Waals surface area contributed by atoms with E-state index in [0.717, 1.165) is 5.56 Å². The number of benzene rings is 1. The Morgan fingerprint density at radius 1 is 1.23 bits per heavy atom. The molecule has 0 aliphatic carbocycles. The molecule has 0 aliphatic rings. The normalized spacial score (nSPS) is 12.7. The third-order valence-corrected chi connectivity index (χ3v) is 3.41. The summed E-state index contributed by atoms with van der Waals surface area (Å²) in [5, 5.41) is 12.8. The first-order chi connectivity index (χ1) is 10.4. The molecule has 5 heteroatoms. The Labute approximate surface area is 130 Å². The van der Waals surface area contributed by atoms with Gasteiger partial charge in [-0.05, 0) is 16.5 Å². The van der Waals surface area contributed by atoms with Gasteiger partial charge >= 0.3 is 0 Å². The SMILES string of the molecule is CC(C)(C)c1ccc(C(O)CNC(=O)c2cnccn2)cc1. The van der Waals surface area contributed by atoms with Crippen LogP contribution in [0.25, 0.3) is 0 Å². The second kappa shape index (κ2) is 6.66. The van der Waals surface area contributed by atoms with E-state index in [1.54, 1.807) is 0 Å². The van der Waals surface area contributed by atoms with Gasteiger partial charge in [-0.1, -0.05) is 45.0 Å². The van der Waals surface area contributed by atoms with Crippen LogP contribution in [0.3, 0.4) is 0 Å². The highest BCUT2D eigenvalue weighted by atomic mass is 16.3. The van der Waals surface area contributed by atoms with Crippen LogP contribution in [0.15, 0.2) is 42.9 Å². The highest BCUT2D eigenvalue weighted by Crippen LogP contribution is 2.23. The molecule has 0 bridgehead atoms. The minimum absolute atomic E-state index is 0.0731. The van der Waals surface area contributed by atoms with Gasteiger partial charge in [0.15, 0.2) is 0 Å². The standard InChI is InChI=1S/C17H21N3O2/c1-17(2,3)13-6-4-12(5-7-13)15(21)11-20-16(22)14-10-18-8-9-19-14/h4-10,15,21H,11H2,1-3H3,(H,20,22). The third-order valence-electron chi connectivity index (χ3n) is 3.41.